The molecule has 1 heterocycles. The Hall–Kier alpha value is -3.15. The minimum atomic E-state index is -0.0819. The van der Waals surface area contributed by atoms with Crippen LogP contribution in [0, 0.1) is 5.92 Å². The zero-order valence-electron chi connectivity index (χ0n) is 16.5. The third-order valence-corrected chi connectivity index (χ3v) is 4.55. The summed E-state index contributed by atoms with van der Waals surface area (Å²) in [6.45, 7) is 6.76. The van der Waals surface area contributed by atoms with Crippen LogP contribution >= 0.6 is 0 Å². The Balaban J connectivity index is 1.73. The fourth-order valence-corrected chi connectivity index (χ4v) is 2.86. The zero-order chi connectivity index (χ0) is 20.1. The van der Waals surface area contributed by atoms with Gasteiger partial charge in [0.15, 0.2) is 0 Å². The number of H-pyrrole nitrogens is 1. The summed E-state index contributed by atoms with van der Waals surface area (Å²) in [5, 5.41) is 5.68. The van der Waals surface area contributed by atoms with Crippen molar-refractivity contribution in [2.75, 3.05) is 11.9 Å². The first-order valence-corrected chi connectivity index (χ1v) is 9.64. The Bertz CT molecular complexity index is 974. The molecule has 0 radical (unpaired) electrons. The molecule has 0 bridgehead atoms. The molecule has 3 rings (SSSR count). The van der Waals surface area contributed by atoms with Gasteiger partial charge in [-0.15, -0.1) is 0 Å². The lowest BCUT2D eigenvalue weighted by atomic mass is 10.0. The van der Waals surface area contributed by atoms with E-state index < -0.39 is 0 Å². The van der Waals surface area contributed by atoms with Gasteiger partial charge in [-0.25, -0.2) is 4.98 Å². The molecule has 0 fully saturated rings. The van der Waals surface area contributed by atoms with Gasteiger partial charge in [0.05, 0.1) is 11.0 Å². The predicted octanol–water partition coefficient (Wildman–Crippen LogP) is 4.35. The summed E-state index contributed by atoms with van der Waals surface area (Å²) in [6.07, 6.45) is 1.37. The predicted molar refractivity (Wildman–Crippen MR) is 112 cm³/mol. The molecule has 6 heteroatoms. The number of rotatable bonds is 7. The van der Waals surface area contributed by atoms with Crippen LogP contribution in [0.2, 0.25) is 0 Å². The van der Waals surface area contributed by atoms with Crippen molar-refractivity contribution in [3.8, 4) is 11.1 Å². The van der Waals surface area contributed by atoms with Crippen LogP contribution in [0.5, 0.6) is 0 Å². The molecule has 1 aromatic heterocycles. The largest absolute Gasteiger partial charge is 0.352 e. The van der Waals surface area contributed by atoms with E-state index >= 15 is 0 Å². The van der Waals surface area contributed by atoms with E-state index in [9.17, 15) is 9.59 Å². The van der Waals surface area contributed by atoms with Crippen LogP contribution in [-0.2, 0) is 4.79 Å². The average Bonchev–Trinajstić information content (AvgIpc) is 3.08. The molecule has 0 aliphatic heterocycles. The average molecular weight is 378 g/mol. The lowest BCUT2D eigenvalue weighted by Gasteiger charge is -2.08. The van der Waals surface area contributed by atoms with Gasteiger partial charge in [-0.3, -0.25) is 14.9 Å². The number of nitrogens with one attached hydrogen (secondary N) is 3. The van der Waals surface area contributed by atoms with Crippen LogP contribution in [0.3, 0.4) is 0 Å². The first-order chi connectivity index (χ1) is 13.5. The highest BCUT2D eigenvalue weighted by Gasteiger charge is 2.09. The number of amides is 2. The van der Waals surface area contributed by atoms with Crippen LogP contribution in [0.4, 0.5) is 5.95 Å². The number of carbonyl (C=O) groups excluding carboxylic acids is 2. The number of hydrogen-bond acceptors (Lipinski definition) is 3. The molecule has 0 aliphatic carbocycles. The van der Waals surface area contributed by atoms with Gasteiger partial charge < -0.3 is 10.3 Å². The molecule has 0 unspecified atom stereocenters. The van der Waals surface area contributed by atoms with E-state index in [1.54, 1.807) is 6.92 Å². The molecule has 3 aromatic rings. The minimum absolute atomic E-state index is 0.0486. The zero-order valence-corrected chi connectivity index (χ0v) is 16.5. The number of aromatic amines is 1. The minimum Gasteiger partial charge on any atom is -0.352 e. The maximum absolute atomic E-state index is 12.2. The SMILES string of the molecule is CCC(=O)Nc1nc2ccc(-c3ccc(C(=O)NCCC(C)C)cc3)cc2[nH]1. The second kappa shape index (κ2) is 8.69. The summed E-state index contributed by atoms with van der Waals surface area (Å²) in [7, 11) is 0. The van der Waals surface area contributed by atoms with Crippen molar-refractivity contribution in [2.24, 2.45) is 5.92 Å². The first-order valence-electron chi connectivity index (χ1n) is 9.64. The summed E-state index contributed by atoms with van der Waals surface area (Å²) in [5.41, 5.74) is 4.31. The fourth-order valence-electron chi connectivity index (χ4n) is 2.86. The van der Waals surface area contributed by atoms with Crippen molar-refractivity contribution < 1.29 is 9.59 Å². The van der Waals surface area contributed by atoms with Gasteiger partial charge in [0.1, 0.15) is 0 Å². The van der Waals surface area contributed by atoms with Crippen molar-refractivity contribution >= 4 is 28.8 Å². The smallest absolute Gasteiger partial charge is 0.251 e. The van der Waals surface area contributed by atoms with Crippen molar-refractivity contribution in [2.45, 2.75) is 33.6 Å². The van der Waals surface area contributed by atoms with E-state index in [0.29, 0.717) is 30.4 Å². The van der Waals surface area contributed by atoms with Gasteiger partial charge >= 0.3 is 0 Å². The highest BCUT2D eigenvalue weighted by Crippen LogP contribution is 2.24. The second-order valence-electron chi connectivity index (χ2n) is 7.23. The molecule has 2 aromatic carbocycles. The van der Waals surface area contributed by atoms with Crippen LogP contribution in [0.1, 0.15) is 44.0 Å². The number of carbonyl (C=O) groups is 2. The summed E-state index contributed by atoms with van der Waals surface area (Å²) in [5.74, 6) is 0.886. The van der Waals surface area contributed by atoms with Gasteiger partial charge in [-0.2, -0.15) is 0 Å². The van der Waals surface area contributed by atoms with Crippen molar-refractivity contribution in [1.29, 1.82) is 0 Å². The van der Waals surface area contributed by atoms with Gasteiger partial charge in [0, 0.05) is 18.5 Å². The van der Waals surface area contributed by atoms with E-state index in [0.717, 1.165) is 28.6 Å². The number of nitrogens with zero attached hydrogens (tertiary/aromatic N) is 1. The molecule has 0 atom stereocenters. The monoisotopic (exact) mass is 378 g/mol. The number of hydrogen-bond donors (Lipinski definition) is 3. The van der Waals surface area contributed by atoms with E-state index in [2.05, 4.69) is 34.4 Å². The molecular formula is C22H26N4O2. The Morgan fingerprint density at radius 2 is 1.79 bits per heavy atom. The summed E-state index contributed by atoms with van der Waals surface area (Å²) >= 11 is 0. The normalized spacial score (nSPS) is 11.0. The van der Waals surface area contributed by atoms with E-state index in [-0.39, 0.29) is 11.8 Å². The van der Waals surface area contributed by atoms with Gasteiger partial charge in [0.2, 0.25) is 11.9 Å². The highest BCUT2D eigenvalue weighted by molar-refractivity contribution is 5.95. The maximum atomic E-state index is 12.2. The molecule has 0 aliphatic rings. The summed E-state index contributed by atoms with van der Waals surface area (Å²) in [4.78, 5) is 31.2. The first kappa shape index (κ1) is 19.6. The molecule has 28 heavy (non-hydrogen) atoms. The number of anilines is 1. The van der Waals surface area contributed by atoms with E-state index in [1.165, 1.54) is 0 Å². The maximum Gasteiger partial charge on any atom is 0.251 e. The molecule has 0 saturated carbocycles. The fraction of sp³-hybridized carbons (Fsp3) is 0.318. The number of aromatic nitrogens is 2. The summed E-state index contributed by atoms with van der Waals surface area (Å²) in [6, 6.07) is 13.4. The quantitative estimate of drug-likeness (QED) is 0.571. The van der Waals surface area contributed by atoms with Gasteiger partial charge in [-0.05, 0) is 47.7 Å². The van der Waals surface area contributed by atoms with Crippen LogP contribution in [0.25, 0.3) is 22.2 Å². The highest BCUT2D eigenvalue weighted by atomic mass is 16.2. The van der Waals surface area contributed by atoms with Crippen LogP contribution in [0.15, 0.2) is 42.5 Å². The lowest BCUT2D eigenvalue weighted by Crippen LogP contribution is -2.25. The molecular weight excluding hydrogens is 352 g/mol. The van der Waals surface area contributed by atoms with Gasteiger partial charge in [-0.1, -0.05) is 39.0 Å². The third kappa shape index (κ3) is 4.76. The molecule has 0 spiro atoms. The van der Waals surface area contributed by atoms with E-state index in [4.69, 9.17) is 0 Å². The molecule has 3 N–H and O–H groups in total. The Labute approximate surface area is 164 Å². The second-order valence-corrected chi connectivity index (χ2v) is 7.23. The Morgan fingerprint density at radius 3 is 2.46 bits per heavy atom. The van der Waals surface area contributed by atoms with Crippen LogP contribution in [-0.4, -0.2) is 28.3 Å². The lowest BCUT2D eigenvalue weighted by molar-refractivity contribution is -0.115. The number of benzene rings is 2. The van der Waals surface area contributed by atoms with Crippen molar-refractivity contribution in [3.05, 3.63) is 48.0 Å². The molecule has 0 saturated heterocycles. The molecule has 2 amide bonds. The van der Waals surface area contributed by atoms with Crippen molar-refractivity contribution in [3.63, 3.8) is 0 Å². The topological polar surface area (TPSA) is 86.9 Å². The van der Waals surface area contributed by atoms with Gasteiger partial charge in [0.25, 0.3) is 5.91 Å². The standard InChI is InChI=1S/C22H26N4O2/c1-4-20(27)26-22-24-18-10-9-17(13-19(18)25-22)15-5-7-16(8-6-15)21(28)23-12-11-14(2)3/h5-10,13-14H,4,11-12H2,1-3H3,(H,23,28)(H2,24,25,26,27). The third-order valence-electron chi connectivity index (χ3n) is 4.55. The van der Waals surface area contributed by atoms with E-state index in [1.807, 2.05) is 42.5 Å². The van der Waals surface area contributed by atoms with Crippen molar-refractivity contribution in [1.82, 2.24) is 15.3 Å². The van der Waals surface area contributed by atoms with Crippen LogP contribution < -0.4 is 10.6 Å². The Morgan fingerprint density at radius 1 is 1.07 bits per heavy atom. The molecule has 6 nitrogen and oxygen atoms in total. The Kier molecular flexibility index (Phi) is 6.09. The number of imidazole rings is 1. The molecule has 146 valence electrons. The summed E-state index contributed by atoms with van der Waals surface area (Å²) < 4.78 is 0. The number of fused-ring (bicyclic) bond motifs is 1.